The van der Waals surface area contributed by atoms with Gasteiger partial charge in [0.1, 0.15) is 12.4 Å². The molecule has 0 spiro atoms. The van der Waals surface area contributed by atoms with Crippen LogP contribution in [0.3, 0.4) is 0 Å². The van der Waals surface area contributed by atoms with Crippen molar-refractivity contribution in [2.45, 2.75) is 31.9 Å². The van der Waals surface area contributed by atoms with Gasteiger partial charge in [-0.05, 0) is 36.5 Å². The maximum atomic E-state index is 12.5. The SMILES string of the molecule is Nc1ccc([C@@H]2CCCCN2C(=O)OCc2ccccc2)cn1. The van der Waals surface area contributed by atoms with Gasteiger partial charge < -0.3 is 15.4 Å². The summed E-state index contributed by atoms with van der Waals surface area (Å²) in [6.07, 6.45) is 4.50. The molecule has 3 rings (SSSR count). The number of nitrogens with two attached hydrogens (primary N) is 1. The summed E-state index contributed by atoms with van der Waals surface area (Å²) in [7, 11) is 0. The number of benzene rings is 1. The summed E-state index contributed by atoms with van der Waals surface area (Å²) in [5, 5.41) is 0. The van der Waals surface area contributed by atoms with Gasteiger partial charge in [0, 0.05) is 12.7 Å². The first-order valence-electron chi connectivity index (χ1n) is 7.93. The Morgan fingerprint density at radius 3 is 2.78 bits per heavy atom. The fourth-order valence-electron chi connectivity index (χ4n) is 2.91. The van der Waals surface area contributed by atoms with E-state index in [4.69, 9.17) is 10.5 Å². The fourth-order valence-corrected chi connectivity index (χ4v) is 2.91. The van der Waals surface area contributed by atoms with Gasteiger partial charge in [-0.2, -0.15) is 0 Å². The van der Waals surface area contributed by atoms with Crippen molar-refractivity contribution in [3.05, 3.63) is 59.8 Å². The molecule has 2 aromatic rings. The molecule has 2 heterocycles. The Morgan fingerprint density at radius 2 is 2.04 bits per heavy atom. The van der Waals surface area contributed by atoms with E-state index in [0.717, 1.165) is 30.4 Å². The van der Waals surface area contributed by atoms with E-state index in [9.17, 15) is 4.79 Å². The largest absolute Gasteiger partial charge is 0.445 e. The number of aromatic nitrogens is 1. The molecule has 1 aliphatic heterocycles. The van der Waals surface area contributed by atoms with E-state index in [1.165, 1.54) is 0 Å². The summed E-state index contributed by atoms with van der Waals surface area (Å²) in [6, 6.07) is 13.4. The summed E-state index contributed by atoms with van der Waals surface area (Å²) >= 11 is 0. The van der Waals surface area contributed by atoms with Crippen molar-refractivity contribution >= 4 is 11.9 Å². The van der Waals surface area contributed by atoms with Crippen LogP contribution in [0.25, 0.3) is 0 Å². The highest BCUT2D eigenvalue weighted by molar-refractivity contribution is 5.68. The number of rotatable bonds is 3. The Hall–Kier alpha value is -2.56. The number of amides is 1. The minimum absolute atomic E-state index is 0.0140. The summed E-state index contributed by atoms with van der Waals surface area (Å²) in [5.74, 6) is 0.489. The number of likely N-dealkylation sites (tertiary alicyclic amines) is 1. The molecule has 1 saturated heterocycles. The highest BCUT2D eigenvalue weighted by atomic mass is 16.6. The van der Waals surface area contributed by atoms with Gasteiger partial charge in [0.15, 0.2) is 0 Å². The number of ether oxygens (including phenoxy) is 1. The molecule has 2 N–H and O–H groups in total. The number of anilines is 1. The molecule has 120 valence electrons. The van der Waals surface area contributed by atoms with Gasteiger partial charge >= 0.3 is 6.09 Å². The maximum Gasteiger partial charge on any atom is 0.410 e. The van der Waals surface area contributed by atoms with Gasteiger partial charge in [0.05, 0.1) is 6.04 Å². The van der Waals surface area contributed by atoms with Crippen LogP contribution in [0.1, 0.15) is 36.4 Å². The van der Waals surface area contributed by atoms with Crippen molar-refractivity contribution < 1.29 is 9.53 Å². The Labute approximate surface area is 136 Å². The number of pyridine rings is 1. The first-order valence-corrected chi connectivity index (χ1v) is 7.93. The Morgan fingerprint density at radius 1 is 1.22 bits per heavy atom. The molecule has 0 bridgehead atoms. The van der Waals surface area contributed by atoms with E-state index in [1.54, 1.807) is 17.2 Å². The number of carbonyl (C=O) groups is 1. The molecule has 5 nitrogen and oxygen atoms in total. The molecule has 5 heteroatoms. The average Bonchev–Trinajstić information content (AvgIpc) is 2.61. The van der Waals surface area contributed by atoms with Crippen molar-refractivity contribution in [1.82, 2.24) is 9.88 Å². The van der Waals surface area contributed by atoms with Crippen LogP contribution in [-0.2, 0) is 11.3 Å². The standard InChI is InChI=1S/C18H21N3O2/c19-17-10-9-15(12-20-17)16-8-4-5-11-21(16)18(22)23-13-14-6-2-1-3-7-14/h1-3,6-7,9-10,12,16H,4-5,8,11,13H2,(H2,19,20)/t16-/m0/s1. The van der Waals surface area contributed by atoms with Gasteiger partial charge in [0.25, 0.3) is 0 Å². The monoisotopic (exact) mass is 311 g/mol. The van der Waals surface area contributed by atoms with Crippen LogP contribution < -0.4 is 5.73 Å². The van der Waals surface area contributed by atoms with E-state index in [0.29, 0.717) is 19.0 Å². The van der Waals surface area contributed by atoms with Crippen LogP contribution >= 0.6 is 0 Å². The van der Waals surface area contributed by atoms with Gasteiger partial charge in [-0.15, -0.1) is 0 Å². The van der Waals surface area contributed by atoms with E-state index in [2.05, 4.69) is 4.98 Å². The second-order valence-corrected chi connectivity index (χ2v) is 5.76. The lowest BCUT2D eigenvalue weighted by atomic mass is 9.97. The molecule has 1 aromatic heterocycles. The van der Waals surface area contributed by atoms with Crippen molar-refractivity contribution in [3.8, 4) is 0 Å². The lowest BCUT2D eigenvalue weighted by Crippen LogP contribution is -2.38. The molecule has 1 aliphatic rings. The molecule has 0 saturated carbocycles. The third kappa shape index (κ3) is 3.80. The Balaban J connectivity index is 1.68. The Kier molecular flexibility index (Phi) is 4.76. The number of nitrogens with zero attached hydrogens (tertiary/aromatic N) is 2. The minimum Gasteiger partial charge on any atom is -0.445 e. The lowest BCUT2D eigenvalue weighted by Gasteiger charge is -2.35. The molecular formula is C18H21N3O2. The van der Waals surface area contributed by atoms with Crippen LogP contribution in [0.2, 0.25) is 0 Å². The summed E-state index contributed by atoms with van der Waals surface area (Å²) in [4.78, 5) is 18.4. The van der Waals surface area contributed by atoms with Gasteiger partial charge in [-0.1, -0.05) is 36.4 Å². The van der Waals surface area contributed by atoms with Crippen molar-refractivity contribution in [2.75, 3.05) is 12.3 Å². The average molecular weight is 311 g/mol. The zero-order valence-electron chi connectivity index (χ0n) is 13.0. The number of piperidine rings is 1. The van der Waals surface area contributed by atoms with E-state index < -0.39 is 0 Å². The molecule has 23 heavy (non-hydrogen) atoms. The van der Waals surface area contributed by atoms with Crippen LogP contribution in [-0.4, -0.2) is 22.5 Å². The van der Waals surface area contributed by atoms with Gasteiger partial charge in [0.2, 0.25) is 0 Å². The van der Waals surface area contributed by atoms with Crippen LogP contribution in [0.15, 0.2) is 48.7 Å². The summed E-state index contributed by atoms with van der Waals surface area (Å²) in [5.41, 5.74) is 7.65. The topological polar surface area (TPSA) is 68.5 Å². The minimum atomic E-state index is -0.268. The third-order valence-electron chi connectivity index (χ3n) is 4.14. The molecule has 0 aliphatic carbocycles. The van der Waals surface area contributed by atoms with Crippen molar-refractivity contribution in [1.29, 1.82) is 0 Å². The highest BCUT2D eigenvalue weighted by Gasteiger charge is 2.29. The molecule has 1 amide bonds. The fraction of sp³-hybridized carbons (Fsp3) is 0.333. The van der Waals surface area contributed by atoms with Gasteiger partial charge in [-0.25, -0.2) is 9.78 Å². The second-order valence-electron chi connectivity index (χ2n) is 5.76. The summed E-state index contributed by atoms with van der Waals surface area (Å²) in [6.45, 7) is 1.01. The number of hydrogen-bond donors (Lipinski definition) is 1. The highest BCUT2D eigenvalue weighted by Crippen LogP contribution is 2.31. The van der Waals surface area contributed by atoms with Crippen LogP contribution in [0.5, 0.6) is 0 Å². The first kappa shape index (κ1) is 15.3. The number of carbonyl (C=O) groups excluding carboxylic acids is 1. The third-order valence-corrected chi connectivity index (χ3v) is 4.14. The van der Waals surface area contributed by atoms with Crippen LogP contribution in [0, 0.1) is 0 Å². The Bertz CT molecular complexity index is 643. The first-order chi connectivity index (χ1) is 11.2. The molecular weight excluding hydrogens is 290 g/mol. The smallest absolute Gasteiger partial charge is 0.410 e. The zero-order valence-corrected chi connectivity index (χ0v) is 13.0. The quantitative estimate of drug-likeness (QED) is 0.941. The van der Waals surface area contributed by atoms with Gasteiger partial charge in [-0.3, -0.25) is 0 Å². The maximum absolute atomic E-state index is 12.5. The van der Waals surface area contributed by atoms with E-state index in [-0.39, 0.29) is 12.1 Å². The number of nitrogen functional groups attached to an aromatic ring is 1. The predicted octanol–water partition coefficient (Wildman–Crippen LogP) is 3.53. The second kappa shape index (κ2) is 7.13. The van der Waals surface area contributed by atoms with E-state index >= 15 is 0 Å². The lowest BCUT2D eigenvalue weighted by molar-refractivity contribution is 0.0678. The summed E-state index contributed by atoms with van der Waals surface area (Å²) < 4.78 is 5.48. The normalized spacial score (nSPS) is 17.7. The molecule has 1 fully saturated rings. The molecule has 0 radical (unpaired) electrons. The van der Waals surface area contributed by atoms with Crippen LogP contribution in [0.4, 0.5) is 10.6 Å². The van der Waals surface area contributed by atoms with E-state index in [1.807, 2.05) is 36.4 Å². The molecule has 1 atom stereocenters. The van der Waals surface area contributed by atoms with Crippen molar-refractivity contribution in [3.63, 3.8) is 0 Å². The molecule has 1 aromatic carbocycles. The molecule has 0 unspecified atom stereocenters. The number of hydrogen-bond acceptors (Lipinski definition) is 4. The predicted molar refractivity (Wildman–Crippen MR) is 88.6 cm³/mol. The van der Waals surface area contributed by atoms with Crippen molar-refractivity contribution in [2.24, 2.45) is 0 Å². The zero-order chi connectivity index (χ0) is 16.1.